The molecule has 1 atom stereocenters. The molecule has 0 aliphatic heterocycles. The lowest BCUT2D eigenvalue weighted by atomic mass is 9.93. The third-order valence-electron chi connectivity index (χ3n) is 5.88. The molecule has 0 saturated heterocycles. The molecule has 0 bridgehead atoms. The summed E-state index contributed by atoms with van der Waals surface area (Å²) < 4.78 is 1.78. The molecular weight excluding hydrogens is 370 g/mol. The van der Waals surface area contributed by atoms with E-state index in [1.807, 2.05) is 12.1 Å². The van der Waals surface area contributed by atoms with Crippen LogP contribution in [0.3, 0.4) is 0 Å². The van der Waals surface area contributed by atoms with Crippen LogP contribution in [0.25, 0.3) is 10.9 Å². The number of aromatic amines is 1. The number of hydrogen-bond acceptors (Lipinski definition) is 5. The number of hydrogen-bond donors (Lipinski definition) is 3. The van der Waals surface area contributed by atoms with E-state index in [2.05, 4.69) is 30.9 Å². The van der Waals surface area contributed by atoms with Crippen LogP contribution in [-0.2, 0) is 0 Å². The molecule has 29 heavy (non-hydrogen) atoms. The Kier molecular flexibility index (Phi) is 4.49. The molecular formula is C20H23N7O2. The third-order valence-corrected chi connectivity index (χ3v) is 5.88. The second kappa shape index (κ2) is 7.31. The van der Waals surface area contributed by atoms with Crippen LogP contribution in [0.1, 0.15) is 59.1 Å². The average Bonchev–Trinajstić information content (AvgIpc) is 3.21. The van der Waals surface area contributed by atoms with E-state index in [1.165, 1.54) is 6.42 Å². The maximum Gasteiger partial charge on any atom is 0.273 e. The van der Waals surface area contributed by atoms with Crippen molar-refractivity contribution < 1.29 is 9.59 Å². The van der Waals surface area contributed by atoms with Gasteiger partial charge < -0.3 is 15.6 Å². The molecule has 2 fully saturated rings. The average molecular weight is 393 g/mol. The zero-order chi connectivity index (χ0) is 19.8. The highest BCUT2D eigenvalue weighted by atomic mass is 16.2. The summed E-state index contributed by atoms with van der Waals surface area (Å²) in [5.41, 5.74) is 1.58. The van der Waals surface area contributed by atoms with Gasteiger partial charge in [-0.2, -0.15) is 0 Å². The van der Waals surface area contributed by atoms with Crippen LogP contribution in [0.15, 0.2) is 30.7 Å². The van der Waals surface area contributed by atoms with E-state index < -0.39 is 0 Å². The Labute approximate surface area is 167 Å². The monoisotopic (exact) mass is 393 g/mol. The van der Waals surface area contributed by atoms with E-state index in [9.17, 15) is 9.59 Å². The topological polar surface area (TPSA) is 118 Å². The van der Waals surface area contributed by atoms with Crippen LogP contribution in [-0.4, -0.2) is 49.4 Å². The molecule has 0 radical (unpaired) electrons. The van der Waals surface area contributed by atoms with Gasteiger partial charge in [0.2, 0.25) is 0 Å². The molecule has 2 amide bonds. The standard InChI is InChI=1S/C20H23N7O2/c28-19(17-11-27(26-25-17)13-2-1-3-13)23-10-16(12-4-5-12)24-20(29)18-14-6-8-21-15(14)7-9-22-18/h6-9,11-13,16,21H,1-5,10H2,(H,23,28)(H,24,29). The number of rotatable bonds is 7. The number of nitrogens with one attached hydrogen (secondary N) is 3. The Morgan fingerprint density at radius 2 is 2.07 bits per heavy atom. The second-order valence-corrected chi connectivity index (χ2v) is 7.89. The molecule has 2 aliphatic rings. The molecule has 0 spiro atoms. The highest BCUT2D eigenvalue weighted by Crippen LogP contribution is 2.33. The first-order valence-corrected chi connectivity index (χ1v) is 10.1. The van der Waals surface area contributed by atoms with Crippen LogP contribution in [0.5, 0.6) is 0 Å². The fourth-order valence-electron chi connectivity index (χ4n) is 3.74. The van der Waals surface area contributed by atoms with Crippen LogP contribution in [0.2, 0.25) is 0 Å². The summed E-state index contributed by atoms with van der Waals surface area (Å²) in [5.74, 6) is -0.117. The normalized spacial score (nSPS) is 17.7. The summed E-state index contributed by atoms with van der Waals surface area (Å²) >= 11 is 0. The minimum absolute atomic E-state index is 0.135. The number of carbonyl (C=O) groups is 2. The van der Waals surface area contributed by atoms with Gasteiger partial charge in [-0.25, -0.2) is 4.68 Å². The van der Waals surface area contributed by atoms with Gasteiger partial charge in [-0.1, -0.05) is 5.21 Å². The molecule has 3 N–H and O–H groups in total. The lowest BCUT2D eigenvalue weighted by molar-refractivity contribution is 0.0899. The van der Waals surface area contributed by atoms with Crippen LogP contribution < -0.4 is 10.6 Å². The number of nitrogens with zero attached hydrogens (tertiary/aromatic N) is 4. The fourth-order valence-corrected chi connectivity index (χ4v) is 3.74. The highest BCUT2D eigenvalue weighted by Gasteiger charge is 2.33. The van der Waals surface area contributed by atoms with Crippen molar-refractivity contribution in [3.05, 3.63) is 42.1 Å². The van der Waals surface area contributed by atoms with Crippen LogP contribution in [0, 0.1) is 5.92 Å². The number of fused-ring (bicyclic) bond motifs is 1. The Bertz CT molecular complexity index is 1050. The Morgan fingerprint density at radius 3 is 2.83 bits per heavy atom. The van der Waals surface area contributed by atoms with E-state index in [0.717, 1.165) is 36.6 Å². The minimum Gasteiger partial charge on any atom is -0.361 e. The molecule has 2 saturated carbocycles. The zero-order valence-corrected chi connectivity index (χ0v) is 16.0. The van der Waals surface area contributed by atoms with Gasteiger partial charge in [-0.05, 0) is 50.2 Å². The van der Waals surface area contributed by atoms with Crippen molar-refractivity contribution in [1.29, 1.82) is 0 Å². The number of carbonyl (C=O) groups excluding carboxylic acids is 2. The second-order valence-electron chi connectivity index (χ2n) is 7.89. The van der Waals surface area contributed by atoms with Gasteiger partial charge in [0.25, 0.3) is 11.8 Å². The van der Waals surface area contributed by atoms with Gasteiger partial charge in [-0.3, -0.25) is 14.6 Å². The summed E-state index contributed by atoms with van der Waals surface area (Å²) in [4.78, 5) is 32.6. The van der Waals surface area contributed by atoms with Crippen LogP contribution in [0.4, 0.5) is 0 Å². The third kappa shape index (κ3) is 3.59. The molecule has 9 nitrogen and oxygen atoms in total. The summed E-state index contributed by atoms with van der Waals surface area (Å²) in [5, 5.41) is 14.8. The molecule has 1 unspecified atom stereocenters. The van der Waals surface area contributed by atoms with Gasteiger partial charge in [0.05, 0.1) is 12.2 Å². The van der Waals surface area contributed by atoms with Gasteiger partial charge in [0, 0.05) is 35.9 Å². The predicted octanol–water partition coefficient (Wildman–Crippen LogP) is 1.82. The minimum atomic E-state index is -0.263. The van der Waals surface area contributed by atoms with E-state index >= 15 is 0 Å². The number of pyridine rings is 1. The molecule has 150 valence electrons. The van der Waals surface area contributed by atoms with E-state index in [-0.39, 0.29) is 17.9 Å². The van der Waals surface area contributed by atoms with Gasteiger partial charge >= 0.3 is 0 Å². The molecule has 9 heteroatoms. The largest absolute Gasteiger partial charge is 0.361 e. The van der Waals surface area contributed by atoms with Gasteiger partial charge in [-0.15, -0.1) is 5.10 Å². The zero-order valence-electron chi connectivity index (χ0n) is 16.0. The molecule has 0 aromatic carbocycles. The number of aromatic nitrogens is 5. The predicted molar refractivity (Wildman–Crippen MR) is 105 cm³/mol. The SMILES string of the molecule is O=C(NCC(NC(=O)c1nccc2[nH]ccc12)C1CC1)c1cn(C2CCC2)nn1. The number of H-pyrrole nitrogens is 1. The lowest BCUT2D eigenvalue weighted by Crippen LogP contribution is -2.45. The van der Waals surface area contributed by atoms with E-state index in [4.69, 9.17) is 0 Å². The molecule has 5 rings (SSSR count). The summed E-state index contributed by atoms with van der Waals surface area (Å²) in [6.07, 6.45) is 10.6. The molecule has 3 heterocycles. The van der Waals surface area contributed by atoms with Crippen LogP contribution >= 0.6 is 0 Å². The van der Waals surface area contributed by atoms with E-state index in [1.54, 1.807) is 23.3 Å². The van der Waals surface area contributed by atoms with Gasteiger partial charge in [0.15, 0.2) is 5.69 Å². The van der Waals surface area contributed by atoms with Crippen molar-refractivity contribution in [2.75, 3.05) is 6.54 Å². The Morgan fingerprint density at radius 1 is 1.21 bits per heavy atom. The Hall–Kier alpha value is -3.23. The smallest absolute Gasteiger partial charge is 0.273 e. The lowest BCUT2D eigenvalue weighted by Gasteiger charge is -2.24. The van der Waals surface area contributed by atoms with E-state index in [0.29, 0.717) is 29.9 Å². The highest BCUT2D eigenvalue weighted by molar-refractivity contribution is 6.04. The molecule has 2 aliphatic carbocycles. The van der Waals surface area contributed by atoms with Gasteiger partial charge in [0.1, 0.15) is 5.69 Å². The van der Waals surface area contributed by atoms with Crippen molar-refractivity contribution >= 4 is 22.7 Å². The van der Waals surface area contributed by atoms with Crippen molar-refractivity contribution in [3.63, 3.8) is 0 Å². The maximum absolute atomic E-state index is 12.8. The fraction of sp³-hybridized carbons (Fsp3) is 0.450. The first-order chi connectivity index (χ1) is 14.2. The van der Waals surface area contributed by atoms with Crippen molar-refractivity contribution in [1.82, 2.24) is 35.6 Å². The maximum atomic E-state index is 12.8. The summed E-state index contributed by atoms with van der Waals surface area (Å²) in [6.45, 7) is 0.356. The van der Waals surface area contributed by atoms with Crippen molar-refractivity contribution in [3.8, 4) is 0 Å². The van der Waals surface area contributed by atoms with Crippen molar-refractivity contribution in [2.45, 2.75) is 44.2 Å². The summed E-state index contributed by atoms with van der Waals surface area (Å²) in [7, 11) is 0. The first kappa shape index (κ1) is 17.8. The number of amides is 2. The quantitative estimate of drug-likeness (QED) is 0.566. The molecule has 3 aromatic rings. The Balaban J connectivity index is 1.23. The molecule has 3 aromatic heterocycles. The van der Waals surface area contributed by atoms with Crippen molar-refractivity contribution in [2.24, 2.45) is 5.92 Å². The first-order valence-electron chi connectivity index (χ1n) is 10.1. The summed E-state index contributed by atoms with van der Waals surface area (Å²) in [6, 6.07) is 3.91.